The Morgan fingerprint density at radius 1 is 1.17 bits per heavy atom. The maximum atomic E-state index is 9.87. The van der Waals surface area contributed by atoms with E-state index in [9.17, 15) is 25.2 Å². The summed E-state index contributed by atoms with van der Waals surface area (Å²) < 4.78 is 64.8. The number of nitrogens with zero attached hydrogens (tertiary/aromatic N) is 4. The minimum atomic E-state index is -10.7. The summed E-state index contributed by atoms with van der Waals surface area (Å²) >= 11 is 0. The van der Waals surface area contributed by atoms with Crippen LogP contribution in [-0.2, 0) is 0 Å². The van der Waals surface area contributed by atoms with Crippen molar-refractivity contribution in [3.8, 4) is 0 Å². The van der Waals surface area contributed by atoms with Crippen LogP contribution in [0.5, 0.6) is 0 Å². The Labute approximate surface area is 132 Å². The molecule has 0 unspecified atom stereocenters. The van der Waals surface area contributed by atoms with Gasteiger partial charge in [0, 0.05) is 26.4 Å². The van der Waals surface area contributed by atoms with Gasteiger partial charge in [-0.05, 0) is 23.1 Å². The summed E-state index contributed by atoms with van der Waals surface area (Å²) in [5.41, 5.74) is 2.77. The quantitative estimate of drug-likeness (QED) is 0.456. The van der Waals surface area contributed by atoms with Crippen molar-refractivity contribution in [2.24, 2.45) is 0 Å². The molecule has 1 heterocycles. The number of carbonyl (C=O) groups excluding carboxylic acids is 1. The second kappa shape index (κ2) is 5.76. The Hall–Kier alpha value is -2.10. The van der Waals surface area contributed by atoms with Gasteiger partial charge in [-0.3, -0.25) is 10.2 Å². The van der Waals surface area contributed by atoms with E-state index in [1.165, 1.54) is 4.85 Å². The Morgan fingerprint density at radius 3 is 2.17 bits per heavy atom. The van der Waals surface area contributed by atoms with Crippen molar-refractivity contribution in [1.82, 2.24) is 25.4 Å². The summed E-state index contributed by atoms with van der Waals surface area (Å²) in [5, 5.41) is 11.0. The van der Waals surface area contributed by atoms with E-state index >= 15 is 0 Å². The monoisotopic (exact) mass is 379 g/mol. The fourth-order valence-corrected chi connectivity index (χ4v) is 1.56. The van der Waals surface area contributed by atoms with Crippen LogP contribution in [0.3, 0.4) is 0 Å². The van der Waals surface area contributed by atoms with Gasteiger partial charge in [-0.1, -0.05) is 12.1 Å². The standard InChI is InChI=1S/C11H16N5O.F6P/c1-8-6-5-7-9-10(8)13-14-16(9)17-11(12-2)15(3)4;1-7(2,3,4,5)6/h5-7,12H,1-4H3;/q+1;-1. The topological polar surface area (TPSA) is 57.3 Å². The summed E-state index contributed by atoms with van der Waals surface area (Å²) in [6, 6.07) is 6.47. The molecule has 138 valence electrons. The molecule has 0 aliphatic rings. The normalized spacial score (nSPS) is 15.2. The van der Waals surface area contributed by atoms with Gasteiger partial charge >= 0.3 is 39.0 Å². The van der Waals surface area contributed by atoms with E-state index in [0.717, 1.165) is 16.6 Å². The molecular weight excluding hydrogens is 363 g/mol. The van der Waals surface area contributed by atoms with Crippen LogP contribution in [0.1, 0.15) is 5.56 Å². The third-order valence-electron chi connectivity index (χ3n) is 2.44. The van der Waals surface area contributed by atoms with Crippen LogP contribution in [-0.4, -0.2) is 47.2 Å². The van der Waals surface area contributed by atoms with Crippen LogP contribution in [0.4, 0.5) is 29.7 Å². The predicted molar refractivity (Wildman–Crippen MR) is 79.4 cm³/mol. The first kappa shape index (κ1) is 19.9. The molecule has 0 fully saturated rings. The Kier molecular flexibility index (Phi) is 4.79. The summed E-state index contributed by atoms with van der Waals surface area (Å²) in [7, 11) is -5.10. The van der Waals surface area contributed by atoms with E-state index in [-0.39, 0.29) is 0 Å². The number of fused-ring (bicyclic) bond motifs is 1. The zero-order valence-electron chi connectivity index (χ0n) is 13.1. The molecule has 2 aromatic rings. The second-order valence-corrected chi connectivity index (χ2v) is 6.82. The molecule has 0 radical (unpaired) electrons. The molecular formula is C11H16F6N5OP. The van der Waals surface area contributed by atoms with Crippen LogP contribution < -0.4 is 5.32 Å². The molecule has 1 aromatic carbocycles. The molecule has 0 saturated heterocycles. The molecule has 0 bridgehead atoms. The first-order valence-corrected chi connectivity index (χ1v) is 8.39. The predicted octanol–water partition coefficient (Wildman–Crippen LogP) is 4.32. The van der Waals surface area contributed by atoms with Crippen molar-refractivity contribution >= 4 is 24.9 Å². The molecule has 0 aliphatic carbocycles. The number of benzene rings is 1. The van der Waals surface area contributed by atoms with Gasteiger partial charge in [0.1, 0.15) is 10.4 Å². The molecule has 0 spiro atoms. The molecule has 24 heavy (non-hydrogen) atoms. The van der Waals surface area contributed by atoms with Crippen molar-refractivity contribution < 1.29 is 29.7 Å². The Morgan fingerprint density at radius 2 is 1.71 bits per heavy atom. The van der Waals surface area contributed by atoms with E-state index in [4.69, 9.17) is 4.53 Å². The first-order valence-electron chi connectivity index (χ1n) is 6.36. The number of urea groups is 1. The van der Waals surface area contributed by atoms with Crippen molar-refractivity contribution in [3.05, 3.63) is 23.8 Å². The second-order valence-electron chi connectivity index (χ2n) is 4.90. The summed E-state index contributed by atoms with van der Waals surface area (Å²) in [6.07, 6.45) is 0. The molecule has 0 aliphatic heterocycles. The third-order valence-corrected chi connectivity index (χ3v) is 2.44. The van der Waals surface area contributed by atoms with Crippen LogP contribution in [0.25, 0.3) is 11.0 Å². The number of aryl methyl sites for hydroxylation is 1. The average Bonchev–Trinajstić information content (AvgIpc) is 2.76. The average molecular weight is 379 g/mol. The Bertz CT molecular complexity index is 744. The number of hydrogen-bond donors (Lipinski definition) is 1. The van der Waals surface area contributed by atoms with Crippen molar-refractivity contribution in [2.45, 2.75) is 6.92 Å². The van der Waals surface area contributed by atoms with Gasteiger partial charge in [0.2, 0.25) is 0 Å². The molecule has 2 rings (SSSR count). The van der Waals surface area contributed by atoms with E-state index in [2.05, 4.69) is 15.6 Å². The molecule has 0 atom stereocenters. The van der Waals surface area contributed by atoms with Gasteiger partial charge in [-0.25, -0.2) is 0 Å². The van der Waals surface area contributed by atoms with Crippen molar-refractivity contribution in [1.29, 1.82) is 0 Å². The SMILES string of the molecule is CNC(=[O+]n1nnc2c(C)cccc21)N(C)C.F[P-](F)(F)(F)(F)F. The number of halogens is 6. The van der Waals surface area contributed by atoms with Gasteiger partial charge in [-0.15, -0.1) is 5.10 Å². The summed E-state index contributed by atoms with van der Waals surface area (Å²) in [5.74, 6) is 0. The van der Waals surface area contributed by atoms with Gasteiger partial charge in [-0.2, -0.15) is 0 Å². The number of aromatic nitrogens is 3. The van der Waals surface area contributed by atoms with Crippen LogP contribution in [0, 0.1) is 6.92 Å². The molecule has 2 amide bonds. The number of nitrogens with one attached hydrogen (secondary N) is 1. The fraction of sp³-hybridized carbons (Fsp3) is 0.364. The molecule has 13 heteroatoms. The zero-order chi connectivity index (χ0) is 18.8. The zero-order valence-corrected chi connectivity index (χ0v) is 14.0. The number of rotatable bonds is 1. The molecule has 1 aromatic heterocycles. The van der Waals surface area contributed by atoms with E-state index in [1.807, 2.05) is 44.1 Å². The maximum absolute atomic E-state index is 10.7. The van der Waals surface area contributed by atoms with E-state index < -0.39 is 7.81 Å². The fourth-order valence-electron chi connectivity index (χ4n) is 1.56. The van der Waals surface area contributed by atoms with Gasteiger partial charge in [0.05, 0.1) is 0 Å². The minimum absolute atomic E-state index is 0.596. The summed E-state index contributed by atoms with van der Waals surface area (Å²) in [6.45, 7) is 2.00. The molecule has 1 N–H and O–H groups in total. The van der Waals surface area contributed by atoms with Gasteiger partial charge in [0.15, 0.2) is 5.52 Å². The van der Waals surface area contributed by atoms with E-state index in [1.54, 1.807) is 7.05 Å². The first-order chi connectivity index (χ1) is 10.6. The third kappa shape index (κ3) is 7.44. The van der Waals surface area contributed by atoms with Crippen LogP contribution in [0.2, 0.25) is 0 Å². The Balaban J connectivity index is 0.000000351. The van der Waals surface area contributed by atoms with E-state index in [0.29, 0.717) is 6.03 Å². The molecule has 0 saturated carbocycles. The van der Waals surface area contributed by atoms with Crippen LogP contribution >= 0.6 is 7.81 Å². The van der Waals surface area contributed by atoms with Crippen molar-refractivity contribution in [2.75, 3.05) is 21.1 Å². The van der Waals surface area contributed by atoms with Gasteiger partial charge in [0.25, 0.3) is 0 Å². The van der Waals surface area contributed by atoms with Gasteiger partial charge < -0.3 is 0 Å². The summed E-state index contributed by atoms with van der Waals surface area (Å²) in [4.78, 5) is 3.23. The molecule has 6 nitrogen and oxygen atoms in total. The number of amides is 2. The number of hydrogen-bond acceptors (Lipinski definition) is 2. The van der Waals surface area contributed by atoms with Crippen LogP contribution in [0.15, 0.2) is 18.2 Å². The van der Waals surface area contributed by atoms with Crippen molar-refractivity contribution in [3.63, 3.8) is 0 Å².